The summed E-state index contributed by atoms with van der Waals surface area (Å²) in [7, 11) is -3.89. The molecule has 1 N–H and O–H groups in total. The Morgan fingerprint density at radius 2 is 1.77 bits per heavy atom. The number of nitrogens with one attached hydrogen (secondary N) is 1. The maximum Gasteiger partial charge on any atom is 0.271 e. The highest BCUT2D eigenvalue weighted by atomic mass is 32.2. The molecule has 2 aromatic carbocycles. The van der Waals surface area contributed by atoms with Gasteiger partial charge in [-0.3, -0.25) is 19.2 Å². The Labute approximate surface area is 183 Å². The Morgan fingerprint density at radius 3 is 2.29 bits per heavy atom. The van der Waals surface area contributed by atoms with Crippen LogP contribution in [-0.2, 0) is 14.8 Å². The lowest BCUT2D eigenvalue weighted by atomic mass is 9.99. The number of nitrogens with zero attached hydrogens (tertiary/aromatic N) is 2. The summed E-state index contributed by atoms with van der Waals surface area (Å²) in [5, 5.41) is 14.1. The highest BCUT2D eigenvalue weighted by molar-refractivity contribution is 7.92. The number of nitro groups is 1. The molecule has 0 aliphatic rings. The lowest BCUT2D eigenvalue weighted by Gasteiger charge is -2.31. The molecule has 1 amide bonds. The van der Waals surface area contributed by atoms with Gasteiger partial charge >= 0.3 is 0 Å². The second-order valence-electron chi connectivity index (χ2n) is 7.57. The van der Waals surface area contributed by atoms with E-state index in [0.29, 0.717) is 6.42 Å². The maximum atomic E-state index is 13.2. The summed E-state index contributed by atoms with van der Waals surface area (Å²) in [4.78, 5) is 23.7. The number of amides is 1. The topological polar surface area (TPSA) is 110 Å². The van der Waals surface area contributed by atoms with E-state index in [4.69, 9.17) is 0 Å². The smallest absolute Gasteiger partial charge is 0.271 e. The van der Waals surface area contributed by atoms with Crippen molar-refractivity contribution in [1.82, 2.24) is 5.32 Å². The molecule has 0 spiro atoms. The molecule has 0 unspecified atom stereocenters. The first-order valence-corrected chi connectivity index (χ1v) is 12.0. The molecule has 0 radical (unpaired) electrons. The van der Waals surface area contributed by atoms with Crippen LogP contribution in [0.4, 0.5) is 11.4 Å². The zero-order valence-corrected chi connectivity index (χ0v) is 19.3. The van der Waals surface area contributed by atoms with Crippen molar-refractivity contribution in [1.29, 1.82) is 0 Å². The Bertz CT molecular complexity index is 1070. The van der Waals surface area contributed by atoms with E-state index in [1.807, 2.05) is 39.0 Å². The van der Waals surface area contributed by atoms with Gasteiger partial charge in [0.1, 0.15) is 6.04 Å². The monoisotopic (exact) mass is 447 g/mol. The van der Waals surface area contributed by atoms with Crippen molar-refractivity contribution < 1.29 is 18.1 Å². The highest BCUT2D eigenvalue weighted by Gasteiger charge is 2.33. The van der Waals surface area contributed by atoms with Gasteiger partial charge in [0.15, 0.2) is 0 Å². The van der Waals surface area contributed by atoms with Crippen LogP contribution in [0.1, 0.15) is 49.4 Å². The van der Waals surface area contributed by atoms with E-state index in [-0.39, 0.29) is 23.8 Å². The first kappa shape index (κ1) is 24.3. The second-order valence-corrected chi connectivity index (χ2v) is 9.43. The Kier molecular flexibility index (Phi) is 7.78. The van der Waals surface area contributed by atoms with Crippen LogP contribution in [0.3, 0.4) is 0 Å². The van der Waals surface area contributed by atoms with Crippen LogP contribution < -0.4 is 9.62 Å². The molecule has 2 rings (SSSR count). The minimum Gasteiger partial charge on any atom is -0.347 e. The van der Waals surface area contributed by atoms with Crippen molar-refractivity contribution in [2.24, 2.45) is 0 Å². The quantitative estimate of drug-likeness (QED) is 0.461. The van der Waals surface area contributed by atoms with Gasteiger partial charge in [0.05, 0.1) is 22.9 Å². The van der Waals surface area contributed by atoms with Crippen molar-refractivity contribution in [2.75, 3.05) is 10.6 Å². The normalized spacial score (nSPS) is 13.3. The van der Waals surface area contributed by atoms with Gasteiger partial charge in [0, 0.05) is 12.1 Å². The summed E-state index contributed by atoms with van der Waals surface area (Å²) in [6.45, 7) is 7.65. The Hall–Kier alpha value is -2.94. The van der Waals surface area contributed by atoms with Crippen molar-refractivity contribution in [3.63, 3.8) is 0 Å². The third-order valence-electron chi connectivity index (χ3n) is 5.28. The van der Waals surface area contributed by atoms with Crippen LogP contribution in [0.5, 0.6) is 0 Å². The summed E-state index contributed by atoms with van der Waals surface area (Å²) in [5.41, 5.74) is 3.02. The first-order chi connectivity index (χ1) is 14.5. The summed E-state index contributed by atoms with van der Waals surface area (Å²) >= 11 is 0. The molecule has 9 heteroatoms. The molecular formula is C22H29N3O5S. The molecule has 31 heavy (non-hydrogen) atoms. The van der Waals surface area contributed by atoms with Gasteiger partial charge in [-0.05, 0) is 49.4 Å². The molecule has 8 nitrogen and oxygen atoms in total. The molecule has 0 bridgehead atoms. The van der Waals surface area contributed by atoms with Gasteiger partial charge in [-0.25, -0.2) is 8.42 Å². The molecule has 2 atom stereocenters. The fourth-order valence-corrected chi connectivity index (χ4v) is 4.68. The highest BCUT2D eigenvalue weighted by Crippen LogP contribution is 2.27. The summed E-state index contributed by atoms with van der Waals surface area (Å²) in [6, 6.07) is 9.92. The van der Waals surface area contributed by atoms with Crippen molar-refractivity contribution in [3.05, 3.63) is 69.3 Å². The van der Waals surface area contributed by atoms with Crippen LogP contribution in [0.25, 0.3) is 0 Å². The van der Waals surface area contributed by atoms with E-state index in [0.717, 1.165) is 33.3 Å². The molecule has 0 fully saturated rings. The number of carbonyl (C=O) groups excluding carboxylic acids is 1. The number of nitro benzene ring substituents is 1. The zero-order chi connectivity index (χ0) is 23.3. The third kappa shape index (κ3) is 5.81. The molecule has 0 aliphatic heterocycles. The summed E-state index contributed by atoms with van der Waals surface area (Å²) in [5.74, 6) is -0.454. The summed E-state index contributed by atoms with van der Waals surface area (Å²) < 4.78 is 26.2. The molecule has 0 aromatic heterocycles. The third-order valence-corrected chi connectivity index (χ3v) is 6.46. The van der Waals surface area contributed by atoms with Crippen molar-refractivity contribution in [3.8, 4) is 0 Å². The van der Waals surface area contributed by atoms with Gasteiger partial charge in [0.25, 0.3) is 5.69 Å². The predicted octanol–water partition coefficient (Wildman–Crippen LogP) is 4.02. The molecule has 0 saturated heterocycles. The number of hydrogen-bond acceptors (Lipinski definition) is 5. The largest absolute Gasteiger partial charge is 0.347 e. The zero-order valence-electron chi connectivity index (χ0n) is 18.5. The van der Waals surface area contributed by atoms with Gasteiger partial charge < -0.3 is 5.32 Å². The molecule has 0 saturated carbocycles. The van der Waals surface area contributed by atoms with Crippen molar-refractivity contribution >= 4 is 27.3 Å². The molecular weight excluding hydrogens is 418 g/mol. The molecule has 0 heterocycles. The van der Waals surface area contributed by atoms with Gasteiger partial charge in [-0.2, -0.15) is 0 Å². The van der Waals surface area contributed by atoms with E-state index >= 15 is 0 Å². The molecule has 168 valence electrons. The molecule has 2 aromatic rings. The SMILES string of the molecule is CC[C@H](C(=O)N[C@H](CC)c1ccc(C)c(C)c1)N(c1cccc([N+](=O)[O-])c1)S(C)(=O)=O. The van der Waals surface area contributed by atoms with E-state index in [1.165, 1.54) is 18.2 Å². The second kappa shape index (κ2) is 9.91. The standard InChI is InChI=1S/C22H29N3O5S/c1-6-20(17-12-11-15(3)16(4)13-17)23-22(26)21(7-2)24(31(5,29)30)18-9-8-10-19(14-18)25(27)28/h8-14,20-21H,6-7H2,1-5H3,(H,23,26)/t20-,21-/m1/s1. The number of non-ortho nitro benzene ring substituents is 1. The average Bonchev–Trinajstić information content (AvgIpc) is 2.71. The fourth-order valence-electron chi connectivity index (χ4n) is 3.47. The average molecular weight is 448 g/mol. The minimum atomic E-state index is -3.89. The van der Waals surface area contributed by atoms with Crippen molar-refractivity contribution in [2.45, 2.75) is 52.6 Å². The number of anilines is 1. The van der Waals surface area contributed by atoms with Gasteiger partial charge in [-0.15, -0.1) is 0 Å². The van der Waals surface area contributed by atoms with Crippen LogP contribution in [0, 0.1) is 24.0 Å². The lowest BCUT2D eigenvalue weighted by Crippen LogP contribution is -2.50. The number of sulfonamides is 1. The Balaban J connectivity index is 2.41. The van der Waals surface area contributed by atoms with Gasteiger partial charge in [0.2, 0.25) is 15.9 Å². The number of aryl methyl sites for hydroxylation is 2. The van der Waals surface area contributed by atoms with Crippen LogP contribution >= 0.6 is 0 Å². The fraction of sp³-hybridized carbons (Fsp3) is 0.409. The number of hydrogen-bond donors (Lipinski definition) is 1. The van der Waals surface area contributed by atoms with E-state index < -0.39 is 26.9 Å². The van der Waals surface area contributed by atoms with E-state index in [2.05, 4.69) is 5.32 Å². The summed E-state index contributed by atoms with van der Waals surface area (Å²) in [6.07, 6.45) is 1.81. The van der Waals surface area contributed by atoms with Gasteiger partial charge in [-0.1, -0.05) is 38.1 Å². The number of rotatable bonds is 9. The maximum absolute atomic E-state index is 13.2. The molecule has 0 aliphatic carbocycles. The number of carbonyl (C=O) groups is 1. The number of benzene rings is 2. The van der Waals surface area contributed by atoms with E-state index in [1.54, 1.807) is 6.92 Å². The minimum absolute atomic E-state index is 0.0814. The first-order valence-electron chi connectivity index (χ1n) is 10.1. The lowest BCUT2D eigenvalue weighted by molar-refractivity contribution is -0.384. The van der Waals surface area contributed by atoms with E-state index in [9.17, 15) is 23.3 Å². The predicted molar refractivity (Wildman–Crippen MR) is 122 cm³/mol. The van der Waals surface area contributed by atoms with Crippen LogP contribution in [-0.4, -0.2) is 31.5 Å². The van der Waals surface area contributed by atoms with Crippen LogP contribution in [0.2, 0.25) is 0 Å². The van der Waals surface area contributed by atoms with Crippen LogP contribution in [0.15, 0.2) is 42.5 Å². The Morgan fingerprint density at radius 1 is 1.10 bits per heavy atom.